The minimum atomic E-state index is -0.450. The Morgan fingerprint density at radius 2 is 2.07 bits per heavy atom. The Morgan fingerprint density at radius 1 is 1.43 bits per heavy atom. The molecule has 0 saturated heterocycles. The van der Waals surface area contributed by atoms with Crippen LogP contribution in [0.2, 0.25) is 0 Å². The number of thioether (sulfide) groups is 1. The molecule has 14 heavy (non-hydrogen) atoms. The van der Waals surface area contributed by atoms with Gasteiger partial charge in [-0.15, -0.1) is 11.8 Å². The van der Waals surface area contributed by atoms with Gasteiger partial charge in [-0.1, -0.05) is 26.8 Å². The van der Waals surface area contributed by atoms with Crippen molar-refractivity contribution in [3.05, 3.63) is 23.9 Å². The highest BCUT2D eigenvalue weighted by atomic mass is 32.2. The fourth-order valence-electron chi connectivity index (χ4n) is 1.10. The Balaban J connectivity index is 2.96. The molecule has 0 saturated carbocycles. The lowest BCUT2D eigenvalue weighted by Crippen LogP contribution is -2.09. The summed E-state index contributed by atoms with van der Waals surface area (Å²) in [4.78, 5) is 4.29. The molecule has 78 valence electrons. The quantitative estimate of drug-likeness (QED) is 0.763. The SMILES string of the molecule is CC(O)c1cccnc1SC(C)(C)C. The molecular formula is C11H17NOS. The maximum Gasteiger partial charge on any atom is 0.102 e. The number of pyridine rings is 1. The van der Waals surface area contributed by atoms with E-state index >= 15 is 0 Å². The van der Waals surface area contributed by atoms with Crippen molar-refractivity contribution in [2.45, 2.75) is 43.6 Å². The predicted molar refractivity (Wildman–Crippen MR) is 60.5 cm³/mol. The third-order valence-electron chi connectivity index (χ3n) is 1.65. The molecule has 0 radical (unpaired) electrons. The van der Waals surface area contributed by atoms with Crippen molar-refractivity contribution in [1.82, 2.24) is 4.98 Å². The summed E-state index contributed by atoms with van der Waals surface area (Å²) in [5.74, 6) is 0. The molecule has 1 atom stereocenters. The van der Waals surface area contributed by atoms with Gasteiger partial charge in [0.2, 0.25) is 0 Å². The summed E-state index contributed by atoms with van der Waals surface area (Å²) in [6.07, 6.45) is 1.31. The van der Waals surface area contributed by atoms with Crippen LogP contribution in [0, 0.1) is 0 Å². The number of hydrogen-bond donors (Lipinski definition) is 1. The number of aliphatic hydroxyl groups is 1. The number of nitrogens with zero attached hydrogens (tertiary/aromatic N) is 1. The molecule has 1 heterocycles. The summed E-state index contributed by atoms with van der Waals surface area (Å²) in [5.41, 5.74) is 0.910. The standard InChI is InChI=1S/C11H17NOS/c1-8(13)9-6-5-7-12-10(9)14-11(2,3)4/h5-8,13H,1-4H3. The molecule has 0 aliphatic rings. The second-order valence-electron chi connectivity index (χ2n) is 4.29. The van der Waals surface area contributed by atoms with Crippen LogP contribution >= 0.6 is 11.8 Å². The molecule has 0 aromatic carbocycles. The minimum absolute atomic E-state index is 0.123. The Hall–Kier alpha value is -0.540. The van der Waals surface area contributed by atoms with E-state index in [1.807, 2.05) is 12.1 Å². The number of aromatic nitrogens is 1. The molecule has 1 N–H and O–H groups in total. The van der Waals surface area contributed by atoms with Crippen LogP contribution in [0.5, 0.6) is 0 Å². The maximum absolute atomic E-state index is 9.55. The first-order chi connectivity index (χ1) is 6.40. The van der Waals surface area contributed by atoms with E-state index in [4.69, 9.17) is 0 Å². The zero-order valence-corrected chi connectivity index (χ0v) is 9.93. The van der Waals surface area contributed by atoms with Crippen molar-refractivity contribution in [2.24, 2.45) is 0 Å². The summed E-state index contributed by atoms with van der Waals surface area (Å²) in [6, 6.07) is 3.78. The molecule has 1 aromatic heterocycles. The van der Waals surface area contributed by atoms with Crippen molar-refractivity contribution in [2.75, 3.05) is 0 Å². The van der Waals surface area contributed by atoms with Gasteiger partial charge in [-0.05, 0) is 13.0 Å². The van der Waals surface area contributed by atoms with Gasteiger partial charge in [0.05, 0.1) is 6.10 Å². The van der Waals surface area contributed by atoms with Crippen molar-refractivity contribution in [1.29, 1.82) is 0 Å². The van der Waals surface area contributed by atoms with E-state index in [9.17, 15) is 5.11 Å². The molecule has 0 spiro atoms. The van der Waals surface area contributed by atoms with Gasteiger partial charge in [-0.3, -0.25) is 0 Å². The average Bonchev–Trinajstić information content (AvgIpc) is 2.01. The number of aliphatic hydroxyl groups excluding tert-OH is 1. The second kappa shape index (κ2) is 4.32. The first-order valence-electron chi connectivity index (χ1n) is 4.72. The highest BCUT2D eigenvalue weighted by Gasteiger charge is 2.17. The Kier molecular flexibility index (Phi) is 3.56. The fraction of sp³-hybridized carbons (Fsp3) is 0.545. The van der Waals surface area contributed by atoms with E-state index in [1.54, 1.807) is 24.9 Å². The highest BCUT2D eigenvalue weighted by molar-refractivity contribution is 8.00. The normalized spacial score (nSPS) is 14.1. The van der Waals surface area contributed by atoms with Crippen LogP contribution in [-0.4, -0.2) is 14.8 Å². The lowest BCUT2D eigenvalue weighted by molar-refractivity contribution is 0.195. The summed E-state index contributed by atoms with van der Waals surface area (Å²) < 4.78 is 0.123. The number of hydrogen-bond acceptors (Lipinski definition) is 3. The van der Waals surface area contributed by atoms with Crippen LogP contribution in [0.1, 0.15) is 39.4 Å². The van der Waals surface area contributed by atoms with Crippen molar-refractivity contribution in [3.8, 4) is 0 Å². The van der Waals surface area contributed by atoms with E-state index in [-0.39, 0.29) is 4.75 Å². The van der Waals surface area contributed by atoms with Crippen LogP contribution in [0.25, 0.3) is 0 Å². The van der Waals surface area contributed by atoms with Gasteiger partial charge in [0.25, 0.3) is 0 Å². The van der Waals surface area contributed by atoms with Crippen LogP contribution < -0.4 is 0 Å². The average molecular weight is 211 g/mol. The zero-order chi connectivity index (χ0) is 10.8. The van der Waals surface area contributed by atoms with E-state index in [0.717, 1.165) is 10.6 Å². The molecular weight excluding hydrogens is 194 g/mol. The molecule has 0 aliphatic heterocycles. The largest absolute Gasteiger partial charge is 0.389 e. The lowest BCUT2D eigenvalue weighted by Gasteiger charge is -2.19. The third-order valence-corrected chi connectivity index (χ3v) is 2.80. The maximum atomic E-state index is 9.55. The Bertz CT molecular complexity index is 304. The van der Waals surface area contributed by atoms with Crippen LogP contribution in [0.4, 0.5) is 0 Å². The van der Waals surface area contributed by atoms with E-state index in [2.05, 4.69) is 25.8 Å². The lowest BCUT2D eigenvalue weighted by atomic mass is 10.2. The van der Waals surface area contributed by atoms with Gasteiger partial charge >= 0.3 is 0 Å². The molecule has 1 rings (SSSR count). The van der Waals surface area contributed by atoms with Gasteiger partial charge in [-0.2, -0.15) is 0 Å². The van der Waals surface area contributed by atoms with Gasteiger partial charge in [0.15, 0.2) is 0 Å². The van der Waals surface area contributed by atoms with Crippen LogP contribution in [-0.2, 0) is 0 Å². The molecule has 1 aromatic rings. The van der Waals surface area contributed by atoms with E-state index < -0.39 is 6.10 Å². The first kappa shape index (κ1) is 11.5. The van der Waals surface area contributed by atoms with E-state index in [1.165, 1.54) is 0 Å². The summed E-state index contributed by atoms with van der Waals surface area (Å²) >= 11 is 1.68. The Labute approximate surface area is 89.8 Å². The fourth-order valence-corrected chi connectivity index (χ4v) is 2.15. The van der Waals surface area contributed by atoms with Gasteiger partial charge in [-0.25, -0.2) is 4.98 Å². The highest BCUT2D eigenvalue weighted by Crippen LogP contribution is 2.34. The topological polar surface area (TPSA) is 33.1 Å². The molecule has 0 bridgehead atoms. The monoisotopic (exact) mass is 211 g/mol. The molecule has 3 heteroatoms. The molecule has 0 aliphatic carbocycles. The summed E-state index contributed by atoms with van der Waals surface area (Å²) in [6.45, 7) is 8.18. The molecule has 2 nitrogen and oxygen atoms in total. The molecule has 0 amide bonds. The molecule has 1 unspecified atom stereocenters. The number of rotatable bonds is 2. The van der Waals surface area contributed by atoms with Gasteiger partial charge in [0.1, 0.15) is 5.03 Å². The minimum Gasteiger partial charge on any atom is -0.389 e. The second-order valence-corrected chi connectivity index (χ2v) is 6.10. The third kappa shape index (κ3) is 3.31. The smallest absolute Gasteiger partial charge is 0.102 e. The molecule has 0 fully saturated rings. The zero-order valence-electron chi connectivity index (χ0n) is 9.11. The van der Waals surface area contributed by atoms with Crippen molar-refractivity contribution < 1.29 is 5.11 Å². The predicted octanol–water partition coefficient (Wildman–Crippen LogP) is 3.03. The van der Waals surface area contributed by atoms with Crippen LogP contribution in [0.15, 0.2) is 23.4 Å². The van der Waals surface area contributed by atoms with Crippen LogP contribution in [0.3, 0.4) is 0 Å². The van der Waals surface area contributed by atoms with Crippen molar-refractivity contribution >= 4 is 11.8 Å². The van der Waals surface area contributed by atoms with Gasteiger partial charge in [0, 0.05) is 16.5 Å². The van der Waals surface area contributed by atoms with Crippen molar-refractivity contribution in [3.63, 3.8) is 0 Å². The summed E-state index contributed by atoms with van der Waals surface area (Å²) in [7, 11) is 0. The van der Waals surface area contributed by atoms with E-state index in [0.29, 0.717) is 0 Å². The first-order valence-corrected chi connectivity index (χ1v) is 5.54. The Morgan fingerprint density at radius 3 is 2.57 bits per heavy atom. The summed E-state index contributed by atoms with van der Waals surface area (Å²) in [5, 5.41) is 10.5. The van der Waals surface area contributed by atoms with Gasteiger partial charge < -0.3 is 5.11 Å².